The second kappa shape index (κ2) is 7.35. The van der Waals surface area contributed by atoms with Gasteiger partial charge in [0.2, 0.25) is 0 Å². The summed E-state index contributed by atoms with van der Waals surface area (Å²) in [6.45, 7) is 3.80. The molecular formula is C17H23N3O6S. The van der Waals surface area contributed by atoms with Crippen LogP contribution in [0.5, 0.6) is 0 Å². The fraction of sp³-hybridized carbons (Fsp3) is 0.529. The Hall–Kier alpha value is -2.33. The predicted molar refractivity (Wildman–Crippen MR) is 96.5 cm³/mol. The Kier molecular flexibility index (Phi) is 5.29. The molecule has 2 aliphatic rings. The maximum atomic E-state index is 12.6. The first-order chi connectivity index (χ1) is 12.7. The molecule has 0 spiro atoms. The normalized spacial score (nSPS) is 27.2. The number of furan rings is 1. The second-order valence-electron chi connectivity index (χ2n) is 6.92. The fourth-order valence-electron chi connectivity index (χ4n) is 3.33. The standard InChI is InChI=1S/C17H23N3O6S/c1-3-25-15(21)13-11(9-18-17(2)6-8-27(23,24)10-17)19-16(22)20-14(13)12-5-4-7-26-12/h4-5,7,14,18H,3,6,8-10H2,1-2H3,(H2,19,20,22). The van der Waals surface area contributed by atoms with Gasteiger partial charge in [-0.3, -0.25) is 0 Å². The van der Waals surface area contributed by atoms with E-state index in [9.17, 15) is 18.0 Å². The molecule has 3 heterocycles. The van der Waals surface area contributed by atoms with Crippen molar-refractivity contribution >= 4 is 21.8 Å². The largest absolute Gasteiger partial charge is 0.467 e. The lowest BCUT2D eigenvalue weighted by Gasteiger charge is -2.30. The quantitative estimate of drug-likeness (QED) is 0.601. The summed E-state index contributed by atoms with van der Waals surface area (Å²) in [7, 11) is -3.09. The van der Waals surface area contributed by atoms with Crippen molar-refractivity contribution in [2.45, 2.75) is 31.8 Å². The number of carbonyl (C=O) groups is 2. The van der Waals surface area contributed by atoms with Gasteiger partial charge in [0, 0.05) is 17.8 Å². The number of nitrogens with one attached hydrogen (secondary N) is 3. The van der Waals surface area contributed by atoms with Crippen LogP contribution in [0.4, 0.5) is 4.79 Å². The molecular weight excluding hydrogens is 374 g/mol. The van der Waals surface area contributed by atoms with E-state index in [1.165, 1.54) is 6.26 Å². The molecule has 0 aliphatic carbocycles. The molecule has 1 saturated heterocycles. The van der Waals surface area contributed by atoms with Crippen LogP contribution < -0.4 is 16.0 Å². The van der Waals surface area contributed by atoms with E-state index in [2.05, 4.69) is 16.0 Å². The molecule has 2 amide bonds. The molecule has 1 fully saturated rings. The Morgan fingerprint density at radius 2 is 2.26 bits per heavy atom. The van der Waals surface area contributed by atoms with Gasteiger partial charge < -0.3 is 25.1 Å². The summed E-state index contributed by atoms with van der Waals surface area (Å²) in [5.41, 5.74) is -0.0611. The zero-order chi connectivity index (χ0) is 19.7. The molecule has 0 bridgehead atoms. The highest BCUT2D eigenvalue weighted by Crippen LogP contribution is 2.29. The van der Waals surface area contributed by atoms with Crippen molar-refractivity contribution in [1.82, 2.24) is 16.0 Å². The number of urea groups is 1. The van der Waals surface area contributed by atoms with Gasteiger partial charge in [0.15, 0.2) is 9.84 Å². The number of hydrogen-bond acceptors (Lipinski definition) is 7. The van der Waals surface area contributed by atoms with Gasteiger partial charge in [0.05, 0.1) is 29.9 Å². The first-order valence-corrected chi connectivity index (χ1v) is 10.5. The lowest BCUT2D eigenvalue weighted by molar-refractivity contribution is -0.139. The third-order valence-electron chi connectivity index (χ3n) is 4.67. The molecule has 27 heavy (non-hydrogen) atoms. The molecule has 2 unspecified atom stereocenters. The Morgan fingerprint density at radius 3 is 2.85 bits per heavy atom. The van der Waals surface area contributed by atoms with Crippen LogP contribution in [0.1, 0.15) is 32.1 Å². The summed E-state index contributed by atoms with van der Waals surface area (Å²) < 4.78 is 34.1. The zero-order valence-electron chi connectivity index (χ0n) is 15.2. The molecule has 148 valence electrons. The molecule has 3 rings (SSSR count). The van der Waals surface area contributed by atoms with Crippen molar-refractivity contribution in [3.05, 3.63) is 35.4 Å². The monoisotopic (exact) mass is 397 g/mol. The molecule has 1 aromatic heterocycles. The van der Waals surface area contributed by atoms with Gasteiger partial charge >= 0.3 is 12.0 Å². The van der Waals surface area contributed by atoms with E-state index in [-0.39, 0.29) is 30.2 Å². The topological polar surface area (TPSA) is 127 Å². The molecule has 0 saturated carbocycles. The van der Waals surface area contributed by atoms with Crippen LogP contribution >= 0.6 is 0 Å². The van der Waals surface area contributed by atoms with Crippen LogP contribution in [0.3, 0.4) is 0 Å². The average Bonchev–Trinajstić information content (AvgIpc) is 3.21. The van der Waals surface area contributed by atoms with E-state index in [0.717, 1.165) is 0 Å². The lowest BCUT2D eigenvalue weighted by atomic mass is 9.98. The Bertz CT molecular complexity index is 861. The first kappa shape index (κ1) is 19.4. The molecule has 3 N–H and O–H groups in total. The fourth-order valence-corrected chi connectivity index (χ4v) is 5.45. The lowest BCUT2D eigenvalue weighted by Crippen LogP contribution is -2.51. The van der Waals surface area contributed by atoms with Crippen molar-refractivity contribution in [2.75, 3.05) is 24.7 Å². The van der Waals surface area contributed by atoms with Crippen LogP contribution in [-0.2, 0) is 19.4 Å². The maximum absolute atomic E-state index is 12.6. The van der Waals surface area contributed by atoms with Gasteiger partial charge in [-0.2, -0.15) is 0 Å². The predicted octanol–water partition coefficient (Wildman–Crippen LogP) is 0.618. The number of esters is 1. The molecule has 10 heteroatoms. The molecule has 0 radical (unpaired) electrons. The van der Waals surface area contributed by atoms with Crippen molar-refractivity contribution in [2.24, 2.45) is 0 Å². The van der Waals surface area contributed by atoms with Crippen LogP contribution in [0.2, 0.25) is 0 Å². The summed E-state index contributed by atoms with van der Waals surface area (Å²) in [5, 5.41) is 8.48. The summed E-state index contributed by atoms with van der Waals surface area (Å²) in [5.74, 6) is -0.0496. The SMILES string of the molecule is CCOC(=O)C1=C(CNC2(C)CCS(=O)(=O)C2)NC(=O)NC1c1ccco1. The van der Waals surface area contributed by atoms with Gasteiger partial charge in [-0.25, -0.2) is 18.0 Å². The summed E-state index contributed by atoms with van der Waals surface area (Å²) >= 11 is 0. The maximum Gasteiger partial charge on any atom is 0.338 e. The Balaban J connectivity index is 1.90. The van der Waals surface area contributed by atoms with E-state index >= 15 is 0 Å². The highest BCUT2D eigenvalue weighted by Gasteiger charge is 2.40. The minimum atomic E-state index is -3.09. The van der Waals surface area contributed by atoms with Crippen LogP contribution in [0, 0.1) is 0 Å². The molecule has 1 aromatic rings. The van der Waals surface area contributed by atoms with Crippen molar-refractivity contribution in [3.63, 3.8) is 0 Å². The molecule has 2 aliphatic heterocycles. The Morgan fingerprint density at radius 1 is 1.48 bits per heavy atom. The number of amides is 2. The van der Waals surface area contributed by atoms with E-state index in [1.54, 1.807) is 19.1 Å². The van der Waals surface area contributed by atoms with E-state index in [1.807, 2.05) is 6.92 Å². The highest BCUT2D eigenvalue weighted by molar-refractivity contribution is 7.91. The zero-order valence-corrected chi connectivity index (χ0v) is 16.0. The van der Waals surface area contributed by atoms with Crippen molar-refractivity contribution < 1.29 is 27.2 Å². The molecule has 9 nitrogen and oxygen atoms in total. The molecule has 0 aromatic carbocycles. The second-order valence-corrected chi connectivity index (χ2v) is 9.10. The molecule has 2 atom stereocenters. The number of hydrogen-bond donors (Lipinski definition) is 3. The van der Waals surface area contributed by atoms with Crippen molar-refractivity contribution in [3.8, 4) is 0 Å². The minimum Gasteiger partial charge on any atom is -0.467 e. The highest BCUT2D eigenvalue weighted by atomic mass is 32.2. The smallest absolute Gasteiger partial charge is 0.338 e. The van der Waals surface area contributed by atoms with Gasteiger partial charge in [0.25, 0.3) is 0 Å². The Labute approximate surface area is 157 Å². The van der Waals surface area contributed by atoms with Gasteiger partial charge in [-0.15, -0.1) is 0 Å². The van der Waals surface area contributed by atoms with Gasteiger partial charge in [0.1, 0.15) is 11.8 Å². The van der Waals surface area contributed by atoms with E-state index in [0.29, 0.717) is 17.9 Å². The summed E-state index contributed by atoms with van der Waals surface area (Å²) in [6.07, 6.45) is 1.92. The number of sulfone groups is 1. The summed E-state index contributed by atoms with van der Waals surface area (Å²) in [6, 6.07) is 2.05. The van der Waals surface area contributed by atoms with Gasteiger partial charge in [-0.1, -0.05) is 0 Å². The van der Waals surface area contributed by atoms with E-state index < -0.39 is 33.4 Å². The minimum absolute atomic E-state index is 0.00975. The van der Waals surface area contributed by atoms with E-state index in [4.69, 9.17) is 9.15 Å². The van der Waals surface area contributed by atoms with Crippen LogP contribution in [0.15, 0.2) is 34.1 Å². The van der Waals surface area contributed by atoms with Crippen LogP contribution in [-0.4, -0.2) is 50.6 Å². The summed E-state index contributed by atoms with van der Waals surface area (Å²) in [4.78, 5) is 24.7. The van der Waals surface area contributed by atoms with Crippen molar-refractivity contribution in [1.29, 1.82) is 0 Å². The average molecular weight is 397 g/mol. The van der Waals surface area contributed by atoms with Crippen LogP contribution in [0.25, 0.3) is 0 Å². The first-order valence-electron chi connectivity index (χ1n) is 8.69. The third-order valence-corrected chi connectivity index (χ3v) is 6.58. The van der Waals surface area contributed by atoms with Gasteiger partial charge in [-0.05, 0) is 32.4 Å². The number of ether oxygens (including phenoxy) is 1. The number of rotatable bonds is 6. The third kappa shape index (κ3) is 4.33. The number of carbonyl (C=O) groups excluding carboxylic acids is 2.